The molecule has 1 aliphatic heterocycles. The molecule has 116 valence electrons. The third-order valence-corrected chi connectivity index (χ3v) is 4.95. The molecule has 2 unspecified atom stereocenters. The van der Waals surface area contributed by atoms with Crippen molar-refractivity contribution in [1.29, 1.82) is 0 Å². The molecular weight excluding hydrogens is 330 g/mol. The Morgan fingerprint density at radius 3 is 2.95 bits per heavy atom. The first-order valence-electron chi connectivity index (χ1n) is 7.53. The maximum absolute atomic E-state index is 12.2. The van der Waals surface area contributed by atoms with Gasteiger partial charge in [0.2, 0.25) is 5.91 Å². The Balaban J connectivity index is 1.95. The Morgan fingerprint density at radius 1 is 1.52 bits per heavy atom. The fraction of sp³-hybridized carbons (Fsp3) is 0.562. The fourth-order valence-electron chi connectivity index (χ4n) is 2.92. The Bertz CT molecular complexity index is 504. The van der Waals surface area contributed by atoms with Gasteiger partial charge in [-0.05, 0) is 57.0 Å². The molecule has 4 nitrogen and oxygen atoms in total. The molecule has 3 N–H and O–H groups in total. The molecule has 0 aliphatic carbocycles. The van der Waals surface area contributed by atoms with E-state index in [-0.39, 0.29) is 11.9 Å². The van der Waals surface area contributed by atoms with Gasteiger partial charge in [-0.3, -0.25) is 9.69 Å². The van der Waals surface area contributed by atoms with Gasteiger partial charge in [0.25, 0.3) is 0 Å². The second-order valence-corrected chi connectivity index (χ2v) is 6.76. The van der Waals surface area contributed by atoms with E-state index in [4.69, 9.17) is 5.73 Å². The average Bonchev–Trinajstić information content (AvgIpc) is 2.43. The van der Waals surface area contributed by atoms with E-state index in [0.29, 0.717) is 12.6 Å². The summed E-state index contributed by atoms with van der Waals surface area (Å²) in [6.45, 7) is 5.41. The summed E-state index contributed by atoms with van der Waals surface area (Å²) in [5, 5.41) is 2.97. The lowest BCUT2D eigenvalue weighted by atomic mass is 9.97. The quantitative estimate of drug-likeness (QED) is 0.874. The molecule has 2 rings (SSSR count). The largest absolute Gasteiger partial charge is 0.327 e. The number of benzene rings is 1. The molecule has 1 aromatic carbocycles. The highest BCUT2D eigenvalue weighted by molar-refractivity contribution is 9.10. The molecular formula is C16H24BrN3O. The van der Waals surface area contributed by atoms with Crippen LogP contribution < -0.4 is 11.1 Å². The maximum Gasteiger partial charge on any atom is 0.238 e. The summed E-state index contributed by atoms with van der Waals surface area (Å²) in [7, 11) is 0. The normalized spacial score (nSPS) is 21.0. The zero-order valence-corrected chi connectivity index (χ0v) is 14.3. The van der Waals surface area contributed by atoms with Crippen molar-refractivity contribution in [3.63, 3.8) is 0 Å². The maximum atomic E-state index is 12.2. The molecule has 0 radical (unpaired) electrons. The molecule has 1 heterocycles. The number of aryl methyl sites for hydroxylation is 1. The molecule has 1 aromatic rings. The van der Waals surface area contributed by atoms with Crippen LogP contribution in [0.25, 0.3) is 0 Å². The molecule has 5 heteroatoms. The second-order valence-electron chi connectivity index (χ2n) is 5.90. The van der Waals surface area contributed by atoms with Crippen LogP contribution in [0.1, 0.15) is 31.7 Å². The summed E-state index contributed by atoms with van der Waals surface area (Å²) >= 11 is 3.46. The van der Waals surface area contributed by atoms with Gasteiger partial charge in [0.15, 0.2) is 0 Å². The Morgan fingerprint density at radius 2 is 2.29 bits per heavy atom. The van der Waals surface area contributed by atoms with Crippen molar-refractivity contribution in [2.24, 2.45) is 5.73 Å². The summed E-state index contributed by atoms with van der Waals surface area (Å²) < 4.78 is 1.05. The number of carbonyl (C=O) groups is 1. The van der Waals surface area contributed by atoms with Gasteiger partial charge in [-0.2, -0.15) is 0 Å². The van der Waals surface area contributed by atoms with Crippen LogP contribution in [-0.2, 0) is 4.79 Å². The smallest absolute Gasteiger partial charge is 0.238 e. The molecule has 2 atom stereocenters. The summed E-state index contributed by atoms with van der Waals surface area (Å²) in [4.78, 5) is 14.5. The Labute approximate surface area is 135 Å². The number of rotatable bonds is 4. The van der Waals surface area contributed by atoms with Crippen molar-refractivity contribution in [1.82, 2.24) is 4.90 Å². The van der Waals surface area contributed by atoms with Gasteiger partial charge >= 0.3 is 0 Å². The molecule has 0 spiro atoms. The number of carbonyl (C=O) groups excluding carboxylic acids is 1. The zero-order valence-electron chi connectivity index (χ0n) is 12.7. The van der Waals surface area contributed by atoms with E-state index >= 15 is 0 Å². The van der Waals surface area contributed by atoms with Crippen molar-refractivity contribution >= 4 is 27.5 Å². The monoisotopic (exact) mass is 353 g/mol. The number of likely N-dealkylation sites (tertiary alicyclic amines) is 1. The molecule has 0 aromatic heterocycles. The summed E-state index contributed by atoms with van der Waals surface area (Å²) in [5.74, 6) is 0.0317. The lowest BCUT2D eigenvalue weighted by Gasteiger charge is -2.37. The van der Waals surface area contributed by atoms with Crippen molar-refractivity contribution in [3.8, 4) is 0 Å². The summed E-state index contributed by atoms with van der Waals surface area (Å²) in [6, 6.07) is 6.26. The highest BCUT2D eigenvalue weighted by atomic mass is 79.9. The van der Waals surface area contributed by atoms with Gasteiger partial charge in [-0.1, -0.05) is 22.4 Å². The van der Waals surface area contributed by atoms with Crippen LogP contribution in [0.15, 0.2) is 22.7 Å². The highest BCUT2D eigenvalue weighted by Crippen LogP contribution is 2.21. The van der Waals surface area contributed by atoms with Crippen LogP contribution in [0.2, 0.25) is 0 Å². The van der Waals surface area contributed by atoms with Crippen LogP contribution in [0.5, 0.6) is 0 Å². The Hall–Kier alpha value is -0.910. The van der Waals surface area contributed by atoms with E-state index in [1.807, 2.05) is 32.0 Å². The van der Waals surface area contributed by atoms with Crippen LogP contribution >= 0.6 is 15.9 Å². The first kappa shape index (κ1) is 16.5. The predicted octanol–water partition coefficient (Wildman–Crippen LogP) is 2.90. The van der Waals surface area contributed by atoms with Crippen LogP contribution in [0.3, 0.4) is 0 Å². The van der Waals surface area contributed by atoms with E-state index < -0.39 is 0 Å². The van der Waals surface area contributed by atoms with Crippen molar-refractivity contribution in [3.05, 3.63) is 28.2 Å². The first-order valence-corrected chi connectivity index (χ1v) is 8.32. The summed E-state index contributed by atoms with van der Waals surface area (Å²) in [6.07, 6.45) is 3.44. The molecule has 0 saturated carbocycles. The van der Waals surface area contributed by atoms with Crippen molar-refractivity contribution in [2.45, 2.75) is 45.2 Å². The van der Waals surface area contributed by atoms with Gasteiger partial charge in [0.1, 0.15) is 0 Å². The molecule has 1 amide bonds. The minimum absolute atomic E-state index is 0.0317. The SMILES string of the molecule is Cc1cc(NC(=O)CN2CCCCC2C(C)N)ccc1Br. The lowest BCUT2D eigenvalue weighted by Crippen LogP contribution is -2.51. The first-order chi connectivity index (χ1) is 9.97. The van der Waals surface area contributed by atoms with Gasteiger partial charge < -0.3 is 11.1 Å². The van der Waals surface area contributed by atoms with E-state index in [1.165, 1.54) is 6.42 Å². The van der Waals surface area contributed by atoms with Crippen LogP contribution in [0.4, 0.5) is 5.69 Å². The Kier molecular flexibility index (Phi) is 5.79. The number of halogens is 1. The second kappa shape index (κ2) is 7.38. The number of nitrogens with one attached hydrogen (secondary N) is 1. The number of amides is 1. The van der Waals surface area contributed by atoms with E-state index in [2.05, 4.69) is 26.1 Å². The minimum atomic E-state index is 0.0317. The van der Waals surface area contributed by atoms with Gasteiger partial charge in [0, 0.05) is 22.2 Å². The topological polar surface area (TPSA) is 58.4 Å². The lowest BCUT2D eigenvalue weighted by molar-refractivity contribution is -0.118. The highest BCUT2D eigenvalue weighted by Gasteiger charge is 2.26. The third kappa shape index (κ3) is 4.53. The molecule has 21 heavy (non-hydrogen) atoms. The number of nitrogens with zero attached hydrogens (tertiary/aromatic N) is 1. The zero-order chi connectivity index (χ0) is 15.4. The van der Waals surface area contributed by atoms with E-state index in [1.54, 1.807) is 0 Å². The number of hydrogen-bond acceptors (Lipinski definition) is 3. The number of anilines is 1. The van der Waals surface area contributed by atoms with Gasteiger partial charge in [-0.15, -0.1) is 0 Å². The number of hydrogen-bond donors (Lipinski definition) is 2. The molecule has 1 saturated heterocycles. The van der Waals surface area contributed by atoms with Gasteiger partial charge in [-0.25, -0.2) is 0 Å². The fourth-order valence-corrected chi connectivity index (χ4v) is 3.16. The van der Waals surface area contributed by atoms with Crippen molar-refractivity contribution < 1.29 is 4.79 Å². The number of piperidine rings is 1. The minimum Gasteiger partial charge on any atom is -0.327 e. The number of nitrogens with two attached hydrogens (primary N) is 1. The molecule has 1 fully saturated rings. The van der Waals surface area contributed by atoms with Crippen molar-refractivity contribution in [2.75, 3.05) is 18.4 Å². The standard InChI is InChI=1S/C16H24BrN3O/c1-11-9-13(6-7-14(11)17)19-16(21)10-20-8-4-3-5-15(20)12(2)18/h6-7,9,12,15H,3-5,8,10,18H2,1-2H3,(H,19,21). The van der Waals surface area contributed by atoms with Gasteiger partial charge in [0.05, 0.1) is 6.54 Å². The average molecular weight is 354 g/mol. The van der Waals surface area contributed by atoms with E-state index in [0.717, 1.165) is 35.1 Å². The predicted molar refractivity (Wildman–Crippen MR) is 90.4 cm³/mol. The molecule has 1 aliphatic rings. The van der Waals surface area contributed by atoms with Crippen LogP contribution in [-0.4, -0.2) is 36.0 Å². The van der Waals surface area contributed by atoms with Crippen LogP contribution in [0, 0.1) is 6.92 Å². The third-order valence-electron chi connectivity index (χ3n) is 4.06. The van der Waals surface area contributed by atoms with E-state index in [9.17, 15) is 4.79 Å². The summed E-state index contributed by atoms with van der Waals surface area (Å²) in [5.41, 5.74) is 8.00. The molecule has 0 bridgehead atoms.